The molecule has 2 rings (SSSR count). The molecule has 0 amide bonds. The van der Waals surface area contributed by atoms with E-state index in [1.165, 1.54) is 5.56 Å². The monoisotopic (exact) mass is 270 g/mol. The van der Waals surface area contributed by atoms with Gasteiger partial charge >= 0.3 is 0 Å². The van der Waals surface area contributed by atoms with Crippen LogP contribution in [-0.4, -0.2) is 4.98 Å². The fourth-order valence-corrected chi connectivity index (χ4v) is 1.88. The summed E-state index contributed by atoms with van der Waals surface area (Å²) in [4.78, 5) is 4.21. The summed E-state index contributed by atoms with van der Waals surface area (Å²) in [6.45, 7) is 7.64. The number of nitrogens with zero attached hydrogens (tertiary/aromatic N) is 1. The zero-order valence-electron chi connectivity index (χ0n) is 12.4. The van der Waals surface area contributed by atoms with Gasteiger partial charge < -0.3 is 10.5 Å². The van der Waals surface area contributed by atoms with Gasteiger partial charge in [0.05, 0.1) is 11.9 Å². The van der Waals surface area contributed by atoms with E-state index < -0.39 is 0 Å². The Morgan fingerprint density at radius 1 is 1.05 bits per heavy atom. The number of aromatic nitrogens is 1. The Hall–Kier alpha value is -1.87. The number of benzene rings is 1. The SMILES string of the molecule is CC(C)(C)c1ccc(COc2ccc(CN)nc2)cc1. The van der Waals surface area contributed by atoms with Gasteiger partial charge in [-0.3, -0.25) is 4.98 Å². The Morgan fingerprint density at radius 2 is 1.75 bits per heavy atom. The lowest BCUT2D eigenvalue weighted by Crippen LogP contribution is -2.10. The Labute approximate surface area is 120 Å². The van der Waals surface area contributed by atoms with E-state index >= 15 is 0 Å². The van der Waals surface area contributed by atoms with Crippen molar-refractivity contribution in [3.8, 4) is 5.75 Å². The van der Waals surface area contributed by atoms with Crippen LogP contribution in [0.25, 0.3) is 0 Å². The van der Waals surface area contributed by atoms with Crippen LogP contribution in [0.15, 0.2) is 42.6 Å². The van der Waals surface area contributed by atoms with Gasteiger partial charge in [0.15, 0.2) is 0 Å². The van der Waals surface area contributed by atoms with E-state index in [0.29, 0.717) is 13.2 Å². The van der Waals surface area contributed by atoms with Gasteiger partial charge in [0.25, 0.3) is 0 Å². The molecule has 0 saturated heterocycles. The first-order chi connectivity index (χ1) is 9.49. The van der Waals surface area contributed by atoms with Gasteiger partial charge in [0.1, 0.15) is 12.4 Å². The zero-order chi connectivity index (χ0) is 14.6. The van der Waals surface area contributed by atoms with Crippen LogP contribution in [0.4, 0.5) is 0 Å². The average molecular weight is 270 g/mol. The third kappa shape index (κ3) is 3.81. The first-order valence-electron chi connectivity index (χ1n) is 6.86. The predicted octanol–water partition coefficient (Wildman–Crippen LogP) is 3.42. The summed E-state index contributed by atoms with van der Waals surface area (Å²) in [6, 6.07) is 12.3. The van der Waals surface area contributed by atoms with Gasteiger partial charge in [0.2, 0.25) is 0 Å². The molecule has 1 aromatic carbocycles. The first kappa shape index (κ1) is 14.5. The van der Waals surface area contributed by atoms with Gasteiger partial charge in [-0.15, -0.1) is 0 Å². The molecular formula is C17H22N2O. The molecule has 20 heavy (non-hydrogen) atoms. The van der Waals surface area contributed by atoms with E-state index in [2.05, 4.69) is 50.0 Å². The molecule has 0 bridgehead atoms. The summed E-state index contributed by atoms with van der Waals surface area (Å²) < 4.78 is 5.71. The third-order valence-electron chi connectivity index (χ3n) is 3.23. The fourth-order valence-electron chi connectivity index (χ4n) is 1.88. The molecular weight excluding hydrogens is 248 g/mol. The molecule has 0 aliphatic carbocycles. The molecule has 0 atom stereocenters. The largest absolute Gasteiger partial charge is 0.487 e. The number of rotatable bonds is 4. The van der Waals surface area contributed by atoms with Gasteiger partial charge in [0, 0.05) is 6.54 Å². The Kier molecular flexibility index (Phi) is 4.40. The smallest absolute Gasteiger partial charge is 0.138 e. The minimum Gasteiger partial charge on any atom is -0.487 e. The molecule has 106 valence electrons. The van der Waals surface area contributed by atoms with Crippen molar-refractivity contribution in [1.82, 2.24) is 4.98 Å². The third-order valence-corrected chi connectivity index (χ3v) is 3.23. The molecule has 3 nitrogen and oxygen atoms in total. The van der Waals surface area contributed by atoms with Crippen molar-refractivity contribution < 1.29 is 4.74 Å². The average Bonchev–Trinajstić information content (AvgIpc) is 2.45. The molecule has 1 heterocycles. The lowest BCUT2D eigenvalue weighted by Gasteiger charge is -2.19. The molecule has 0 aliphatic heterocycles. The highest BCUT2D eigenvalue weighted by Crippen LogP contribution is 2.22. The maximum atomic E-state index is 5.71. The van der Waals surface area contributed by atoms with Crippen LogP contribution in [0.1, 0.15) is 37.6 Å². The summed E-state index contributed by atoms with van der Waals surface area (Å²) in [6.07, 6.45) is 1.71. The highest BCUT2D eigenvalue weighted by molar-refractivity contribution is 5.28. The Balaban J connectivity index is 1.96. The zero-order valence-corrected chi connectivity index (χ0v) is 12.4. The van der Waals surface area contributed by atoms with Gasteiger partial charge in [-0.25, -0.2) is 0 Å². The van der Waals surface area contributed by atoms with E-state index in [0.717, 1.165) is 17.0 Å². The maximum absolute atomic E-state index is 5.71. The highest BCUT2D eigenvalue weighted by Gasteiger charge is 2.12. The highest BCUT2D eigenvalue weighted by atomic mass is 16.5. The molecule has 0 saturated carbocycles. The maximum Gasteiger partial charge on any atom is 0.138 e. The summed E-state index contributed by atoms with van der Waals surface area (Å²) >= 11 is 0. The van der Waals surface area contributed by atoms with Crippen molar-refractivity contribution in [2.24, 2.45) is 5.73 Å². The van der Waals surface area contributed by atoms with Crippen molar-refractivity contribution in [3.63, 3.8) is 0 Å². The lowest BCUT2D eigenvalue weighted by molar-refractivity contribution is 0.304. The second kappa shape index (κ2) is 6.06. The number of hydrogen-bond donors (Lipinski definition) is 1. The molecule has 0 radical (unpaired) electrons. The molecule has 2 aromatic rings. The summed E-state index contributed by atoms with van der Waals surface area (Å²) in [5.74, 6) is 0.766. The van der Waals surface area contributed by atoms with Gasteiger partial charge in [-0.05, 0) is 28.7 Å². The second-order valence-electron chi connectivity index (χ2n) is 5.92. The summed E-state index contributed by atoms with van der Waals surface area (Å²) in [5.41, 5.74) is 9.04. The molecule has 1 aromatic heterocycles. The minimum absolute atomic E-state index is 0.182. The summed E-state index contributed by atoms with van der Waals surface area (Å²) in [7, 11) is 0. The van der Waals surface area contributed by atoms with E-state index in [-0.39, 0.29) is 5.41 Å². The standard InChI is InChI=1S/C17H22N2O/c1-17(2,3)14-6-4-13(5-7-14)12-20-16-9-8-15(10-18)19-11-16/h4-9,11H,10,12,18H2,1-3H3. The second-order valence-corrected chi connectivity index (χ2v) is 5.92. The van der Waals surface area contributed by atoms with Crippen LogP contribution in [0.2, 0.25) is 0 Å². The van der Waals surface area contributed by atoms with Gasteiger partial charge in [-0.2, -0.15) is 0 Å². The molecule has 0 unspecified atom stereocenters. The van der Waals surface area contributed by atoms with E-state index in [9.17, 15) is 0 Å². The topological polar surface area (TPSA) is 48.1 Å². The first-order valence-corrected chi connectivity index (χ1v) is 6.86. The van der Waals surface area contributed by atoms with Crippen molar-refractivity contribution in [3.05, 3.63) is 59.4 Å². The molecule has 0 aliphatic rings. The predicted molar refractivity (Wildman–Crippen MR) is 81.6 cm³/mol. The van der Waals surface area contributed by atoms with Gasteiger partial charge in [-0.1, -0.05) is 45.0 Å². The van der Waals surface area contributed by atoms with Crippen molar-refractivity contribution >= 4 is 0 Å². The molecule has 0 fully saturated rings. The van der Waals surface area contributed by atoms with E-state index in [1.807, 2.05) is 12.1 Å². The van der Waals surface area contributed by atoms with Crippen LogP contribution < -0.4 is 10.5 Å². The van der Waals surface area contributed by atoms with Crippen LogP contribution >= 0.6 is 0 Å². The molecule has 0 spiro atoms. The van der Waals surface area contributed by atoms with E-state index in [4.69, 9.17) is 10.5 Å². The molecule has 3 heteroatoms. The fraction of sp³-hybridized carbons (Fsp3) is 0.353. The van der Waals surface area contributed by atoms with Crippen molar-refractivity contribution in [1.29, 1.82) is 0 Å². The summed E-state index contributed by atoms with van der Waals surface area (Å²) in [5, 5.41) is 0. The van der Waals surface area contributed by atoms with Crippen LogP contribution in [0.3, 0.4) is 0 Å². The number of ether oxygens (including phenoxy) is 1. The number of hydrogen-bond acceptors (Lipinski definition) is 3. The van der Waals surface area contributed by atoms with Crippen molar-refractivity contribution in [2.75, 3.05) is 0 Å². The van der Waals surface area contributed by atoms with Crippen molar-refractivity contribution in [2.45, 2.75) is 39.3 Å². The van der Waals surface area contributed by atoms with Crippen LogP contribution in [0, 0.1) is 0 Å². The van der Waals surface area contributed by atoms with E-state index in [1.54, 1.807) is 6.20 Å². The number of pyridine rings is 1. The Morgan fingerprint density at radius 3 is 2.25 bits per heavy atom. The number of nitrogens with two attached hydrogens (primary N) is 1. The van der Waals surface area contributed by atoms with Crippen LogP contribution in [0.5, 0.6) is 5.75 Å². The normalized spacial score (nSPS) is 11.4. The minimum atomic E-state index is 0.182. The van der Waals surface area contributed by atoms with Crippen LogP contribution in [-0.2, 0) is 18.6 Å². The Bertz CT molecular complexity index is 539. The molecule has 2 N–H and O–H groups in total. The lowest BCUT2D eigenvalue weighted by atomic mass is 9.87. The quantitative estimate of drug-likeness (QED) is 0.926.